The van der Waals surface area contributed by atoms with Crippen molar-refractivity contribution in [3.05, 3.63) is 75.8 Å². The SMILES string of the molecule is COC(c1cc(F)cc(OCc2ccc3c(ccc(=O)n3C)c2)c1)[C@H](OC)[C@@H](C)OC. The maximum Gasteiger partial charge on any atom is 0.250 e. The van der Waals surface area contributed by atoms with Crippen molar-refractivity contribution in [1.82, 2.24) is 4.57 Å². The number of aryl methyl sites for hydroxylation is 1. The molecule has 0 aliphatic rings. The van der Waals surface area contributed by atoms with Gasteiger partial charge in [0.05, 0.1) is 11.6 Å². The number of hydrogen-bond donors (Lipinski definition) is 0. The highest BCUT2D eigenvalue weighted by Crippen LogP contribution is 2.30. The molecule has 0 N–H and O–H groups in total. The summed E-state index contributed by atoms with van der Waals surface area (Å²) in [6, 6.07) is 13.5. The normalized spacial score (nSPS) is 14.4. The molecule has 1 aromatic heterocycles. The van der Waals surface area contributed by atoms with E-state index in [0.29, 0.717) is 11.3 Å². The van der Waals surface area contributed by atoms with Crippen LogP contribution in [-0.2, 0) is 27.9 Å². The van der Waals surface area contributed by atoms with Crippen molar-refractivity contribution in [1.29, 1.82) is 0 Å². The first-order valence-electron chi connectivity index (χ1n) is 9.98. The molecule has 0 saturated carbocycles. The topological polar surface area (TPSA) is 58.9 Å². The van der Waals surface area contributed by atoms with Crippen LogP contribution in [-0.4, -0.2) is 38.1 Å². The number of methoxy groups -OCH3 is 3. The molecular formula is C24H28FNO5. The minimum absolute atomic E-state index is 0.0614. The number of ether oxygens (including phenoxy) is 4. The third kappa shape index (κ3) is 5.12. The van der Waals surface area contributed by atoms with E-state index in [0.717, 1.165) is 16.5 Å². The minimum Gasteiger partial charge on any atom is -0.489 e. The molecular weight excluding hydrogens is 401 g/mol. The highest BCUT2D eigenvalue weighted by Gasteiger charge is 2.29. The lowest BCUT2D eigenvalue weighted by Crippen LogP contribution is -2.34. The van der Waals surface area contributed by atoms with Crippen molar-refractivity contribution in [2.45, 2.75) is 31.8 Å². The molecule has 3 aromatic rings. The van der Waals surface area contributed by atoms with Crippen LogP contribution in [0.3, 0.4) is 0 Å². The van der Waals surface area contributed by atoms with Crippen LogP contribution in [0.1, 0.15) is 24.2 Å². The summed E-state index contributed by atoms with van der Waals surface area (Å²) in [6.07, 6.45) is -1.20. The van der Waals surface area contributed by atoms with Crippen LogP contribution in [0.5, 0.6) is 5.75 Å². The van der Waals surface area contributed by atoms with E-state index in [2.05, 4.69) is 0 Å². The zero-order valence-electron chi connectivity index (χ0n) is 18.4. The Balaban J connectivity index is 1.82. The van der Waals surface area contributed by atoms with Crippen molar-refractivity contribution in [3.63, 3.8) is 0 Å². The van der Waals surface area contributed by atoms with E-state index < -0.39 is 18.0 Å². The maximum atomic E-state index is 14.4. The molecule has 0 fully saturated rings. The van der Waals surface area contributed by atoms with E-state index >= 15 is 0 Å². The van der Waals surface area contributed by atoms with Gasteiger partial charge in [0.1, 0.15) is 30.4 Å². The predicted octanol–water partition coefficient (Wildman–Crippen LogP) is 3.99. The van der Waals surface area contributed by atoms with Crippen LogP contribution >= 0.6 is 0 Å². The van der Waals surface area contributed by atoms with Crippen molar-refractivity contribution in [2.75, 3.05) is 21.3 Å². The third-order valence-corrected chi connectivity index (χ3v) is 5.48. The number of aromatic nitrogens is 1. The number of fused-ring (bicyclic) bond motifs is 1. The van der Waals surface area contributed by atoms with Gasteiger partial charge in [0.25, 0.3) is 5.56 Å². The summed E-state index contributed by atoms with van der Waals surface area (Å²) >= 11 is 0. The van der Waals surface area contributed by atoms with E-state index in [1.165, 1.54) is 18.2 Å². The Morgan fingerprint density at radius 1 is 0.968 bits per heavy atom. The maximum absolute atomic E-state index is 14.4. The van der Waals surface area contributed by atoms with Crippen LogP contribution in [0.4, 0.5) is 4.39 Å². The molecule has 0 radical (unpaired) electrons. The fraction of sp³-hybridized carbons (Fsp3) is 0.375. The van der Waals surface area contributed by atoms with Gasteiger partial charge in [-0.15, -0.1) is 0 Å². The summed E-state index contributed by atoms with van der Waals surface area (Å²) in [5.41, 5.74) is 2.28. The summed E-state index contributed by atoms with van der Waals surface area (Å²) < 4.78 is 38.3. The molecule has 0 aliphatic heterocycles. The summed E-state index contributed by atoms with van der Waals surface area (Å²) in [7, 11) is 6.44. The summed E-state index contributed by atoms with van der Waals surface area (Å²) in [6.45, 7) is 2.12. The summed E-state index contributed by atoms with van der Waals surface area (Å²) in [5, 5.41) is 0.930. The average Bonchev–Trinajstić information content (AvgIpc) is 2.77. The second kappa shape index (κ2) is 10.0. The van der Waals surface area contributed by atoms with Crippen molar-refractivity contribution in [2.24, 2.45) is 7.05 Å². The number of hydrogen-bond acceptors (Lipinski definition) is 5. The summed E-state index contributed by atoms with van der Waals surface area (Å²) in [5.74, 6) is -0.0412. The van der Waals surface area contributed by atoms with Gasteiger partial charge in [0.2, 0.25) is 0 Å². The van der Waals surface area contributed by atoms with Gasteiger partial charge in [0.15, 0.2) is 0 Å². The van der Waals surface area contributed by atoms with E-state index in [4.69, 9.17) is 18.9 Å². The molecule has 0 saturated heterocycles. The van der Waals surface area contributed by atoms with Gasteiger partial charge in [0, 0.05) is 40.5 Å². The van der Waals surface area contributed by atoms with Crippen molar-refractivity contribution >= 4 is 10.9 Å². The number of halogens is 1. The van der Waals surface area contributed by atoms with Crippen LogP contribution < -0.4 is 10.3 Å². The standard InChI is InChI=1S/C24H28FNO5/c1-15(28-3)23(29-4)24(30-5)18-11-19(25)13-20(12-18)31-14-16-6-8-21-17(10-16)7-9-22(27)26(21)2/h6-13,15,23-24H,14H2,1-5H3/t15-,23-,24?/m1/s1. The lowest BCUT2D eigenvalue weighted by Gasteiger charge is -2.29. The average molecular weight is 429 g/mol. The molecule has 2 aromatic carbocycles. The number of rotatable bonds is 9. The van der Waals surface area contributed by atoms with Gasteiger partial charge < -0.3 is 23.5 Å². The third-order valence-electron chi connectivity index (χ3n) is 5.48. The Kier molecular flexibility index (Phi) is 7.43. The lowest BCUT2D eigenvalue weighted by atomic mass is 10.00. The van der Waals surface area contributed by atoms with Gasteiger partial charge in [-0.3, -0.25) is 4.79 Å². The van der Waals surface area contributed by atoms with E-state index in [1.807, 2.05) is 25.1 Å². The van der Waals surface area contributed by atoms with Crippen LogP contribution in [0.25, 0.3) is 10.9 Å². The van der Waals surface area contributed by atoms with Gasteiger partial charge in [-0.2, -0.15) is 0 Å². The number of pyridine rings is 1. The summed E-state index contributed by atoms with van der Waals surface area (Å²) in [4.78, 5) is 11.8. The van der Waals surface area contributed by atoms with Crippen LogP contribution in [0, 0.1) is 5.82 Å². The molecule has 0 aliphatic carbocycles. The molecule has 3 atom stereocenters. The minimum atomic E-state index is -0.528. The van der Waals surface area contributed by atoms with E-state index in [9.17, 15) is 9.18 Å². The van der Waals surface area contributed by atoms with Crippen LogP contribution in [0.15, 0.2) is 53.3 Å². The van der Waals surface area contributed by atoms with Crippen molar-refractivity contribution in [3.8, 4) is 5.75 Å². The Morgan fingerprint density at radius 2 is 1.74 bits per heavy atom. The molecule has 1 unspecified atom stereocenters. The van der Waals surface area contributed by atoms with Crippen molar-refractivity contribution < 1.29 is 23.3 Å². The fourth-order valence-electron chi connectivity index (χ4n) is 3.68. The molecule has 31 heavy (non-hydrogen) atoms. The van der Waals surface area contributed by atoms with Gasteiger partial charge >= 0.3 is 0 Å². The Morgan fingerprint density at radius 3 is 2.42 bits per heavy atom. The first-order chi connectivity index (χ1) is 14.9. The largest absolute Gasteiger partial charge is 0.489 e. The lowest BCUT2D eigenvalue weighted by molar-refractivity contribution is -0.103. The van der Waals surface area contributed by atoms with Gasteiger partial charge in [-0.25, -0.2) is 4.39 Å². The molecule has 0 spiro atoms. The zero-order chi connectivity index (χ0) is 22.5. The predicted molar refractivity (Wildman–Crippen MR) is 117 cm³/mol. The highest BCUT2D eigenvalue weighted by molar-refractivity contribution is 5.79. The quantitative estimate of drug-likeness (QED) is 0.515. The smallest absolute Gasteiger partial charge is 0.250 e. The van der Waals surface area contributed by atoms with E-state index in [1.54, 1.807) is 45.1 Å². The highest BCUT2D eigenvalue weighted by atomic mass is 19.1. The van der Waals surface area contributed by atoms with Gasteiger partial charge in [-0.05, 0) is 53.8 Å². The fourth-order valence-corrected chi connectivity index (χ4v) is 3.68. The molecule has 0 amide bonds. The first-order valence-corrected chi connectivity index (χ1v) is 9.98. The zero-order valence-corrected chi connectivity index (χ0v) is 18.4. The Bertz CT molecular complexity index is 1100. The first kappa shape index (κ1) is 22.9. The number of benzene rings is 2. The molecule has 6 nitrogen and oxygen atoms in total. The van der Waals surface area contributed by atoms with Crippen LogP contribution in [0.2, 0.25) is 0 Å². The van der Waals surface area contributed by atoms with Gasteiger partial charge in [-0.1, -0.05) is 6.07 Å². The molecule has 166 valence electrons. The molecule has 1 heterocycles. The second-order valence-electron chi connectivity index (χ2n) is 7.43. The molecule has 7 heteroatoms. The number of nitrogens with zero attached hydrogens (tertiary/aromatic N) is 1. The molecule has 3 rings (SSSR count). The van der Waals surface area contributed by atoms with E-state index in [-0.39, 0.29) is 18.3 Å². The monoisotopic (exact) mass is 429 g/mol. The molecule has 0 bridgehead atoms. The Labute approximate surface area is 181 Å². The Hall–Kier alpha value is -2.74. The second-order valence-corrected chi connectivity index (χ2v) is 7.43.